The zero-order valence-corrected chi connectivity index (χ0v) is 58.2. The van der Waals surface area contributed by atoms with E-state index in [-0.39, 0.29) is 152 Å². The fourth-order valence-corrected chi connectivity index (χ4v) is 5.27. The van der Waals surface area contributed by atoms with Crippen LogP contribution in [0.3, 0.4) is 0 Å². The van der Waals surface area contributed by atoms with Gasteiger partial charge in [-0.15, -0.1) is 0 Å². The summed E-state index contributed by atoms with van der Waals surface area (Å²) in [6.45, 7) is 20.4. The number of anilines is 5. The van der Waals surface area contributed by atoms with Gasteiger partial charge in [-0.1, -0.05) is 65.3 Å². The van der Waals surface area contributed by atoms with E-state index < -0.39 is 34.5 Å². The van der Waals surface area contributed by atoms with Gasteiger partial charge in [0.25, 0.3) is 17.7 Å². The molecule has 5 amide bonds. The molecule has 0 saturated heterocycles. The summed E-state index contributed by atoms with van der Waals surface area (Å²) in [6, 6.07) is 32.3. The number of nitrogens with one attached hydrogen (secondary N) is 5. The van der Waals surface area contributed by atoms with Crippen LogP contribution >= 0.6 is 0 Å². The predicted octanol–water partition coefficient (Wildman–Crippen LogP) is 10.2. The summed E-state index contributed by atoms with van der Waals surface area (Å²) >= 11 is 0. The second-order valence-corrected chi connectivity index (χ2v) is 16.0. The van der Waals surface area contributed by atoms with Crippen LogP contribution in [0.2, 0.25) is 0 Å². The van der Waals surface area contributed by atoms with Crippen molar-refractivity contribution in [1.82, 2.24) is 15.0 Å². The molecule has 0 aliphatic heterocycles. The summed E-state index contributed by atoms with van der Waals surface area (Å²) in [5.74, 6) is -0.174. The SMILES string of the molecule is CC.CC.CC.CC(=O)Nc1ccc(OCC(C)(O)C(=O)Nc2ccccn2)cc1.CC(=O)Nc1ccc(OCC(C)(O)C(=O)Nc2cccnc2)cc1.Cc1ccc(OCC(C)(O)C(=O)Nc2ccncc2)cc1.[CH3-].[CH3-].[CH3-].[Y].[Y].[Y]. The molecule has 3 radical (unpaired) electrons. The Morgan fingerprint density at radius 1 is 0.432 bits per heavy atom. The van der Waals surface area contributed by atoms with Crippen molar-refractivity contribution >= 4 is 58.1 Å². The van der Waals surface area contributed by atoms with Gasteiger partial charge in [-0.3, -0.25) is 33.9 Å². The standard InChI is InChI=1S/2C17H19N3O4.C16H18N2O3.3C2H6.3CH3.3Y/c1-12(21)19-13-5-7-15(8-6-13)24-11-17(2,23)16(22)20-14-4-3-9-18-10-14;1-12(21)19-13-6-8-14(9-7-13)24-11-17(2,23)16(22)20-15-5-3-4-10-18-15;1-12-3-5-14(6-4-12)21-11-16(2,20)15(19)18-13-7-9-17-10-8-13;3*1-2;;;;;;/h3-10,23H,11H2,1-2H3,(H,19,21)(H,20,22);3-10,23H,11H2,1-2H3,(H,19,21)(H,18,20,22);3-10,20H,11H2,1-2H3,(H,17,18,19);3*1-2H3;3*1H3;;;/q;;;;;;3*-1;;;. The number of hydrogen-bond acceptors (Lipinski definition) is 14. The van der Waals surface area contributed by atoms with Gasteiger partial charge in [0.1, 0.15) is 42.9 Å². The number of hydrogen-bond donors (Lipinski definition) is 8. The fourth-order valence-electron chi connectivity index (χ4n) is 5.27. The van der Waals surface area contributed by atoms with Crippen LogP contribution in [0.25, 0.3) is 0 Å². The van der Waals surface area contributed by atoms with E-state index in [4.69, 9.17) is 14.2 Å². The Bertz CT molecular complexity index is 2460. The number of pyridine rings is 3. The average molecular weight is 1350 g/mol. The summed E-state index contributed by atoms with van der Waals surface area (Å²) in [5, 5.41) is 43.7. The van der Waals surface area contributed by atoms with E-state index in [9.17, 15) is 39.3 Å². The third-order valence-corrected chi connectivity index (χ3v) is 9.16. The molecule has 19 nitrogen and oxygen atoms in total. The summed E-state index contributed by atoms with van der Waals surface area (Å²) < 4.78 is 16.4. The van der Waals surface area contributed by atoms with Crippen molar-refractivity contribution in [3.63, 3.8) is 0 Å². The molecule has 3 heterocycles. The maximum Gasteiger partial charge on any atom is 0.260 e. The van der Waals surface area contributed by atoms with E-state index in [1.807, 2.05) is 60.6 Å². The Kier molecular flexibility index (Phi) is 51.2. The van der Waals surface area contributed by atoms with Crippen LogP contribution < -0.4 is 40.8 Å². The molecule has 3 unspecified atom stereocenters. The molecule has 3 aromatic heterocycles. The molecular weight excluding hydrogens is 1260 g/mol. The molecule has 0 fully saturated rings. The van der Waals surface area contributed by atoms with Crippen molar-refractivity contribution in [3.05, 3.63) is 174 Å². The Morgan fingerprint density at radius 2 is 0.790 bits per heavy atom. The van der Waals surface area contributed by atoms with Crippen LogP contribution in [-0.4, -0.2) is 96.4 Å². The number of amides is 5. The predicted molar refractivity (Wildman–Crippen MR) is 313 cm³/mol. The molecule has 0 aliphatic carbocycles. The molecule has 22 heteroatoms. The van der Waals surface area contributed by atoms with Gasteiger partial charge < -0.3 is 78.4 Å². The van der Waals surface area contributed by atoms with Crippen molar-refractivity contribution in [3.8, 4) is 17.2 Å². The van der Waals surface area contributed by atoms with Crippen LogP contribution in [0.5, 0.6) is 17.2 Å². The third-order valence-electron chi connectivity index (χ3n) is 9.16. The first-order valence-electron chi connectivity index (χ1n) is 24.2. The zero-order chi connectivity index (χ0) is 56.5. The largest absolute Gasteiger partial charge is 0.490 e. The number of carbonyl (C=O) groups is 5. The van der Waals surface area contributed by atoms with E-state index in [2.05, 4.69) is 41.5 Å². The minimum atomic E-state index is -1.73. The van der Waals surface area contributed by atoms with Crippen molar-refractivity contribution in [2.45, 2.75) is 99.9 Å². The van der Waals surface area contributed by atoms with Gasteiger partial charge in [0.2, 0.25) is 11.8 Å². The topological polar surface area (TPSA) is 273 Å². The number of nitrogens with zero attached hydrogens (tertiary/aromatic N) is 3. The zero-order valence-electron chi connectivity index (χ0n) is 49.7. The number of aryl methyl sites for hydroxylation is 1. The normalized spacial score (nSPS) is 11.2. The van der Waals surface area contributed by atoms with Gasteiger partial charge in [0.15, 0.2) is 16.8 Å². The summed E-state index contributed by atoms with van der Waals surface area (Å²) in [7, 11) is 0. The van der Waals surface area contributed by atoms with Crippen LogP contribution in [0.15, 0.2) is 146 Å². The minimum Gasteiger partial charge on any atom is -0.490 e. The fraction of sp³-hybridized carbons (Fsp3) is 0.305. The molecule has 0 aliphatic rings. The van der Waals surface area contributed by atoms with Gasteiger partial charge in [0.05, 0.1) is 11.9 Å². The molecule has 0 bridgehead atoms. The molecule has 0 spiro atoms. The maximum atomic E-state index is 12.1. The third kappa shape index (κ3) is 36.3. The minimum absolute atomic E-state index is 0. The van der Waals surface area contributed by atoms with Crippen LogP contribution in [-0.2, 0) is 122 Å². The molecule has 6 rings (SSSR count). The quantitative estimate of drug-likeness (QED) is 0.0395. The van der Waals surface area contributed by atoms with Crippen LogP contribution in [0, 0.1) is 29.2 Å². The molecular formula is C59H83N8O11Y3-3. The Labute approximate surface area is 556 Å². The first kappa shape index (κ1) is 87.3. The first-order chi connectivity index (χ1) is 35.7. The van der Waals surface area contributed by atoms with E-state index in [1.165, 1.54) is 47.0 Å². The van der Waals surface area contributed by atoms with E-state index in [0.29, 0.717) is 45.8 Å². The van der Waals surface area contributed by atoms with E-state index in [0.717, 1.165) is 5.56 Å². The van der Waals surface area contributed by atoms with Gasteiger partial charge in [-0.25, -0.2) is 4.98 Å². The van der Waals surface area contributed by atoms with E-state index in [1.54, 1.807) is 122 Å². The Balaban J connectivity index is -0.000000240. The molecule has 81 heavy (non-hydrogen) atoms. The van der Waals surface area contributed by atoms with Gasteiger partial charge in [0, 0.05) is 154 Å². The number of rotatable bonds is 17. The second-order valence-electron chi connectivity index (χ2n) is 16.0. The molecule has 3 aromatic carbocycles. The Hall–Kier alpha value is -4.95. The smallest absolute Gasteiger partial charge is 0.260 e. The molecule has 6 aromatic rings. The number of benzene rings is 3. The maximum absolute atomic E-state index is 12.1. The van der Waals surface area contributed by atoms with Gasteiger partial charge >= 0.3 is 0 Å². The molecule has 3 atom stereocenters. The summed E-state index contributed by atoms with van der Waals surface area (Å²) in [5.41, 5.74) is -1.63. The monoisotopic (exact) mass is 1350 g/mol. The van der Waals surface area contributed by atoms with E-state index >= 15 is 0 Å². The van der Waals surface area contributed by atoms with Crippen molar-refractivity contribution in [1.29, 1.82) is 0 Å². The van der Waals surface area contributed by atoms with Crippen molar-refractivity contribution < 1.29 is 152 Å². The van der Waals surface area contributed by atoms with Gasteiger partial charge in [-0.05, 0) is 125 Å². The first-order valence-corrected chi connectivity index (χ1v) is 24.2. The number of aliphatic hydroxyl groups is 3. The molecule has 437 valence electrons. The summed E-state index contributed by atoms with van der Waals surface area (Å²) in [6.07, 6.45) is 7.73. The molecule has 8 N–H and O–H groups in total. The van der Waals surface area contributed by atoms with Crippen LogP contribution in [0.4, 0.5) is 28.6 Å². The average Bonchev–Trinajstić information content (AvgIpc) is 3.41. The Morgan fingerprint density at radius 3 is 1.14 bits per heavy atom. The second kappa shape index (κ2) is 47.5. The number of ether oxygens (including phenoxy) is 3. The number of aromatic nitrogens is 3. The number of carbonyl (C=O) groups excluding carboxylic acids is 5. The van der Waals surface area contributed by atoms with Crippen molar-refractivity contribution in [2.24, 2.45) is 0 Å². The van der Waals surface area contributed by atoms with Gasteiger partial charge in [-0.2, -0.15) is 0 Å². The summed E-state index contributed by atoms with van der Waals surface area (Å²) in [4.78, 5) is 69.9. The van der Waals surface area contributed by atoms with Crippen molar-refractivity contribution in [2.75, 3.05) is 46.4 Å². The van der Waals surface area contributed by atoms with Crippen LogP contribution in [0.1, 0.15) is 81.7 Å². The molecule has 0 saturated carbocycles.